The first-order chi connectivity index (χ1) is 9.95. The average Bonchev–Trinajstić information content (AvgIpc) is 2.44. The highest BCUT2D eigenvalue weighted by Crippen LogP contribution is 2.09. The van der Waals surface area contributed by atoms with E-state index in [-0.39, 0.29) is 6.73 Å². The van der Waals surface area contributed by atoms with Crippen molar-refractivity contribution in [3.63, 3.8) is 0 Å². The van der Waals surface area contributed by atoms with Gasteiger partial charge in [0.25, 0.3) is 0 Å². The van der Waals surface area contributed by atoms with Crippen LogP contribution in [-0.2, 0) is 0 Å². The largest absolute Gasteiger partial charge is 0.419 e. The molecule has 1 aromatic carbocycles. The second kappa shape index (κ2) is 8.95. The molecule has 0 spiro atoms. The van der Waals surface area contributed by atoms with Crippen LogP contribution < -0.4 is 28.4 Å². The predicted molar refractivity (Wildman–Crippen MR) is 59.5 cm³/mol. The van der Waals surface area contributed by atoms with Crippen LogP contribution >= 0.6 is 0 Å². The first-order valence-corrected chi connectivity index (χ1v) is 6.82. The maximum atomic E-state index is 8.49. The van der Waals surface area contributed by atoms with E-state index < -0.39 is 10.2 Å². The summed E-state index contributed by atoms with van der Waals surface area (Å²) in [5.74, 6) is 0.675. The number of nitrogens with one attached hydrogen (secondary N) is 1. The standard InChI is InChI=1S/C12H11N3O.ClHO4/c1-2-6-11(7-3-1)15-14-10-16-12-8-4-5-9-13-12;2-1(3,4)5/h1-9H,10H2;(H,2,3,4,5). The molecule has 2 aromatic rings. The van der Waals surface area contributed by atoms with Crippen molar-refractivity contribution in [2.75, 3.05) is 6.73 Å². The third-order valence-corrected chi connectivity index (χ3v) is 1.90. The minimum atomic E-state index is -4.94. The van der Waals surface area contributed by atoms with Crippen LogP contribution in [0.2, 0.25) is 0 Å². The Balaban J connectivity index is 0.000000383. The molecule has 0 amide bonds. The van der Waals surface area contributed by atoms with Crippen molar-refractivity contribution >= 4 is 5.69 Å². The molecule has 0 aliphatic carbocycles. The predicted octanol–water partition coefficient (Wildman–Crippen LogP) is -2.14. The molecule has 112 valence electrons. The summed E-state index contributed by atoms with van der Waals surface area (Å²) in [4.78, 5) is 2.94. The summed E-state index contributed by atoms with van der Waals surface area (Å²) in [7, 11) is -4.94. The Bertz CT molecular complexity index is 528. The van der Waals surface area contributed by atoms with Crippen molar-refractivity contribution in [1.82, 2.24) is 0 Å². The molecule has 0 aliphatic rings. The number of hydrogen-bond acceptors (Lipinski definition) is 7. The SMILES string of the molecule is [O-][Cl+3]([O-])([O-])[O-].c1ccc(N=NCOc2cccc[nH+]2)cc1. The van der Waals surface area contributed by atoms with Crippen LogP contribution in [0.15, 0.2) is 65.0 Å². The minimum Gasteiger partial charge on any atom is -0.419 e. The fraction of sp³-hybridized carbons (Fsp3) is 0.0833. The van der Waals surface area contributed by atoms with Gasteiger partial charge < -0.3 is 4.74 Å². The number of azo groups is 1. The van der Waals surface area contributed by atoms with Crippen molar-refractivity contribution in [1.29, 1.82) is 0 Å². The van der Waals surface area contributed by atoms with Gasteiger partial charge in [-0.1, -0.05) is 18.2 Å². The molecule has 8 nitrogen and oxygen atoms in total. The van der Waals surface area contributed by atoms with Gasteiger partial charge in [-0.05, 0) is 18.2 Å². The lowest BCUT2D eigenvalue weighted by Crippen LogP contribution is -2.68. The van der Waals surface area contributed by atoms with Crippen molar-refractivity contribution in [3.8, 4) is 5.88 Å². The third kappa shape index (κ3) is 10.4. The van der Waals surface area contributed by atoms with Crippen molar-refractivity contribution in [2.24, 2.45) is 10.2 Å². The highest BCUT2D eigenvalue weighted by atomic mass is 35.7. The number of pyridine rings is 1. The normalized spacial score (nSPS) is 10.9. The smallest absolute Gasteiger partial charge is 0.367 e. The van der Waals surface area contributed by atoms with Crippen LogP contribution in [0.3, 0.4) is 0 Å². The van der Waals surface area contributed by atoms with Crippen molar-refractivity contribution in [2.45, 2.75) is 0 Å². The molecule has 0 unspecified atom stereocenters. The van der Waals surface area contributed by atoms with E-state index in [1.165, 1.54) is 0 Å². The van der Waals surface area contributed by atoms with E-state index in [4.69, 9.17) is 23.4 Å². The zero-order valence-corrected chi connectivity index (χ0v) is 11.5. The number of aromatic amines is 1. The van der Waals surface area contributed by atoms with E-state index in [1.807, 2.05) is 48.5 Å². The molecule has 0 saturated carbocycles. The lowest BCUT2D eigenvalue weighted by molar-refractivity contribution is -2.00. The minimum absolute atomic E-state index is 0.204. The van der Waals surface area contributed by atoms with Crippen molar-refractivity contribution in [3.05, 3.63) is 54.7 Å². The molecule has 1 heterocycles. The van der Waals surface area contributed by atoms with Crippen LogP contribution in [0.25, 0.3) is 0 Å². The number of nitrogens with zero attached hydrogens (tertiary/aromatic N) is 2. The second-order valence-electron chi connectivity index (χ2n) is 3.46. The number of halogens is 1. The summed E-state index contributed by atoms with van der Waals surface area (Å²) >= 11 is 0. The molecule has 1 aromatic heterocycles. The number of ether oxygens (including phenoxy) is 1. The Labute approximate surface area is 122 Å². The Morgan fingerprint density at radius 3 is 2.14 bits per heavy atom. The Morgan fingerprint density at radius 1 is 0.952 bits per heavy atom. The number of benzene rings is 1. The summed E-state index contributed by atoms with van der Waals surface area (Å²) < 4.78 is 39.3. The summed E-state index contributed by atoms with van der Waals surface area (Å²) in [5.41, 5.74) is 0.822. The van der Waals surface area contributed by atoms with Crippen LogP contribution in [0, 0.1) is 10.2 Å². The molecular formula is C12H12ClN3O5. The second-order valence-corrected chi connectivity index (χ2v) is 4.21. The third-order valence-electron chi connectivity index (χ3n) is 1.90. The van der Waals surface area contributed by atoms with Crippen LogP contribution in [0.4, 0.5) is 5.69 Å². The van der Waals surface area contributed by atoms with Crippen LogP contribution in [-0.4, -0.2) is 6.73 Å². The Morgan fingerprint density at radius 2 is 1.57 bits per heavy atom. The number of H-pyrrole nitrogens is 1. The maximum Gasteiger partial charge on any atom is 0.367 e. The Kier molecular flexibility index (Phi) is 7.23. The molecule has 0 saturated heterocycles. The first kappa shape index (κ1) is 17.0. The van der Waals surface area contributed by atoms with Gasteiger partial charge in [0.2, 0.25) is 6.73 Å². The summed E-state index contributed by atoms with van der Waals surface area (Å²) in [6.07, 6.45) is 1.80. The maximum absolute atomic E-state index is 8.49. The molecule has 1 N–H and O–H groups in total. The summed E-state index contributed by atoms with van der Waals surface area (Å²) in [6, 6.07) is 15.2. The molecular weight excluding hydrogens is 302 g/mol. The van der Waals surface area contributed by atoms with Gasteiger partial charge in [0, 0.05) is 6.07 Å². The molecule has 0 atom stereocenters. The lowest BCUT2D eigenvalue weighted by atomic mass is 10.3. The van der Waals surface area contributed by atoms with E-state index in [1.54, 1.807) is 6.20 Å². The zero-order valence-electron chi connectivity index (χ0n) is 10.7. The highest BCUT2D eigenvalue weighted by Gasteiger charge is 1.96. The molecule has 0 fully saturated rings. The fourth-order valence-electron chi connectivity index (χ4n) is 1.17. The number of aromatic nitrogens is 1. The molecule has 0 aliphatic heterocycles. The zero-order chi connectivity index (χ0) is 15.6. The average molecular weight is 314 g/mol. The van der Waals surface area contributed by atoms with Gasteiger partial charge in [0.1, 0.15) is 0 Å². The van der Waals surface area contributed by atoms with Gasteiger partial charge in [-0.3, -0.25) is 0 Å². The molecule has 9 heteroatoms. The van der Waals surface area contributed by atoms with Gasteiger partial charge in [0.05, 0.1) is 11.8 Å². The summed E-state index contributed by atoms with van der Waals surface area (Å²) in [6.45, 7) is 0.204. The van der Waals surface area contributed by atoms with E-state index in [0.717, 1.165) is 5.69 Å². The fourth-order valence-corrected chi connectivity index (χ4v) is 1.17. The van der Waals surface area contributed by atoms with Crippen molar-refractivity contribution < 1.29 is 38.6 Å². The van der Waals surface area contributed by atoms with E-state index in [0.29, 0.717) is 5.88 Å². The highest BCUT2D eigenvalue weighted by molar-refractivity contribution is 5.34. The van der Waals surface area contributed by atoms with Gasteiger partial charge in [0.15, 0.2) is 6.20 Å². The van der Waals surface area contributed by atoms with Gasteiger partial charge >= 0.3 is 5.88 Å². The quantitative estimate of drug-likeness (QED) is 0.592. The van der Waals surface area contributed by atoms with E-state index in [9.17, 15) is 0 Å². The Hall–Kier alpha value is -2.10. The molecule has 0 bridgehead atoms. The summed E-state index contributed by atoms with van der Waals surface area (Å²) in [5, 5.41) is 7.93. The topological polar surface area (TPSA) is 140 Å². The number of rotatable bonds is 4. The van der Waals surface area contributed by atoms with E-state index >= 15 is 0 Å². The lowest BCUT2D eigenvalue weighted by Gasteiger charge is -2.17. The first-order valence-electron chi connectivity index (χ1n) is 5.59. The molecule has 2 rings (SSSR count). The molecule has 0 radical (unpaired) electrons. The van der Waals surface area contributed by atoms with Crippen LogP contribution in [0.5, 0.6) is 5.88 Å². The van der Waals surface area contributed by atoms with Gasteiger partial charge in [-0.15, -0.1) is 15.4 Å². The van der Waals surface area contributed by atoms with Crippen LogP contribution in [0.1, 0.15) is 0 Å². The number of hydrogen-bond donors (Lipinski definition) is 0. The van der Waals surface area contributed by atoms with Gasteiger partial charge in [-0.25, -0.2) is 18.6 Å². The van der Waals surface area contributed by atoms with Gasteiger partial charge in [-0.2, -0.15) is 10.1 Å². The van der Waals surface area contributed by atoms with E-state index in [2.05, 4.69) is 15.2 Å². The monoisotopic (exact) mass is 313 g/mol. The molecule has 21 heavy (non-hydrogen) atoms.